The highest BCUT2D eigenvalue weighted by Crippen LogP contribution is 2.32. The number of hydrogen-bond acceptors (Lipinski definition) is 6. The molecule has 1 atom stereocenters. The van der Waals surface area contributed by atoms with Gasteiger partial charge in [-0.3, -0.25) is 4.79 Å². The van der Waals surface area contributed by atoms with E-state index < -0.39 is 0 Å². The first-order valence-corrected chi connectivity index (χ1v) is 8.31. The van der Waals surface area contributed by atoms with E-state index in [0.717, 1.165) is 45.3 Å². The van der Waals surface area contributed by atoms with E-state index in [1.54, 1.807) is 6.92 Å². The number of likely N-dealkylation sites (tertiary alicyclic amines) is 1. The minimum atomic E-state index is 0.307. The number of rotatable bonds is 4. The number of aromatic nitrogens is 3. The molecule has 0 aromatic carbocycles. The summed E-state index contributed by atoms with van der Waals surface area (Å²) >= 11 is 0. The van der Waals surface area contributed by atoms with Crippen LogP contribution in [0.4, 0.5) is 5.82 Å². The van der Waals surface area contributed by atoms with Crippen LogP contribution >= 0.6 is 0 Å². The second-order valence-corrected chi connectivity index (χ2v) is 6.56. The topological polar surface area (TPSA) is 84.2 Å². The van der Waals surface area contributed by atoms with Crippen LogP contribution in [-0.2, 0) is 4.79 Å². The third-order valence-corrected chi connectivity index (χ3v) is 4.62. The molecule has 7 heteroatoms. The predicted molar refractivity (Wildman–Crippen MR) is 84.9 cm³/mol. The number of anilines is 1. The Kier molecular flexibility index (Phi) is 3.63. The van der Waals surface area contributed by atoms with Gasteiger partial charge in [0.25, 0.3) is 5.71 Å². The molecule has 1 saturated heterocycles. The summed E-state index contributed by atoms with van der Waals surface area (Å²) in [7, 11) is 0. The normalized spacial score (nSPS) is 21.6. The van der Waals surface area contributed by atoms with Crippen molar-refractivity contribution >= 4 is 23.0 Å². The van der Waals surface area contributed by atoms with Crippen molar-refractivity contribution in [2.45, 2.75) is 32.6 Å². The van der Waals surface area contributed by atoms with Crippen molar-refractivity contribution in [1.29, 1.82) is 0 Å². The lowest BCUT2D eigenvalue weighted by molar-refractivity contribution is -0.134. The average molecular weight is 315 g/mol. The Hall–Kier alpha value is -2.18. The number of oxazole rings is 1. The van der Waals surface area contributed by atoms with Crippen LogP contribution in [0.25, 0.3) is 11.2 Å². The fourth-order valence-corrected chi connectivity index (χ4v) is 3.25. The van der Waals surface area contributed by atoms with Crippen LogP contribution in [0.5, 0.6) is 0 Å². The lowest BCUT2D eigenvalue weighted by Crippen LogP contribution is -2.42. The molecule has 1 aliphatic heterocycles. The van der Waals surface area contributed by atoms with Gasteiger partial charge < -0.3 is 14.6 Å². The Morgan fingerprint density at radius 3 is 3.09 bits per heavy atom. The van der Waals surface area contributed by atoms with Crippen molar-refractivity contribution in [3.63, 3.8) is 0 Å². The van der Waals surface area contributed by atoms with Gasteiger partial charge in [0.2, 0.25) is 5.91 Å². The number of piperidine rings is 1. The van der Waals surface area contributed by atoms with Crippen LogP contribution in [0.15, 0.2) is 10.7 Å². The zero-order chi connectivity index (χ0) is 15.8. The summed E-state index contributed by atoms with van der Waals surface area (Å²) in [5, 5.41) is 3.36. The molecule has 1 amide bonds. The lowest BCUT2D eigenvalue weighted by Gasteiger charge is -2.33. The van der Waals surface area contributed by atoms with Gasteiger partial charge in [-0.1, -0.05) is 0 Å². The molecule has 0 spiro atoms. The van der Waals surface area contributed by atoms with Crippen molar-refractivity contribution < 1.29 is 9.21 Å². The lowest BCUT2D eigenvalue weighted by atomic mass is 9.97. The summed E-state index contributed by atoms with van der Waals surface area (Å²) in [5.74, 6) is 2.40. The van der Waals surface area contributed by atoms with Crippen LogP contribution in [0, 0.1) is 18.8 Å². The smallest absolute Gasteiger partial charge is 0.252 e. The van der Waals surface area contributed by atoms with E-state index >= 15 is 0 Å². The molecular weight excluding hydrogens is 294 g/mol. The van der Waals surface area contributed by atoms with Crippen LogP contribution in [-0.4, -0.2) is 45.4 Å². The Balaban J connectivity index is 1.40. The predicted octanol–water partition coefficient (Wildman–Crippen LogP) is 1.99. The molecule has 0 bridgehead atoms. The van der Waals surface area contributed by atoms with E-state index in [0.29, 0.717) is 40.7 Å². The minimum Gasteiger partial charge on any atom is -0.422 e. The molecule has 1 N–H and O–H groups in total. The molecule has 2 fully saturated rings. The molecule has 23 heavy (non-hydrogen) atoms. The highest BCUT2D eigenvalue weighted by molar-refractivity contribution is 5.81. The largest absolute Gasteiger partial charge is 0.422 e. The Labute approximate surface area is 134 Å². The zero-order valence-corrected chi connectivity index (χ0v) is 13.3. The second-order valence-electron chi connectivity index (χ2n) is 6.56. The first-order chi connectivity index (χ1) is 11.2. The second kappa shape index (κ2) is 5.79. The number of nitrogens with one attached hydrogen (secondary N) is 1. The number of aryl methyl sites for hydroxylation is 1. The maximum Gasteiger partial charge on any atom is 0.252 e. The highest BCUT2D eigenvalue weighted by Gasteiger charge is 2.35. The maximum atomic E-state index is 12.2. The van der Waals surface area contributed by atoms with E-state index in [-0.39, 0.29) is 0 Å². The molecule has 1 saturated carbocycles. The molecule has 4 rings (SSSR count). The summed E-state index contributed by atoms with van der Waals surface area (Å²) in [6, 6.07) is 0. The first-order valence-electron chi connectivity index (χ1n) is 8.31. The summed E-state index contributed by atoms with van der Waals surface area (Å²) in [6.07, 6.45) is 5.84. The molecule has 0 radical (unpaired) electrons. The molecule has 0 unspecified atom stereocenters. The Bertz CT molecular complexity index is 724. The standard InChI is InChI=1S/C16H21N5O2/c1-10-20-13-14(18-9-19-15(13)23-10)17-7-11-3-2-6-21(8-11)16(22)12-4-5-12/h9,11-12H,2-8H2,1H3,(H,17,18,19)/t11-/m0/s1. The molecule has 7 nitrogen and oxygen atoms in total. The van der Waals surface area contributed by atoms with Crippen molar-refractivity contribution in [2.24, 2.45) is 11.8 Å². The van der Waals surface area contributed by atoms with Gasteiger partial charge in [0, 0.05) is 32.5 Å². The van der Waals surface area contributed by atoms with Gasteiger partial charge in [0.15, 0.2) is 17.2 Å². The van der Waals surface area contributed by atoms with Crippen molar-refractivity contribution in [1.82, 2.24) is 19.9 Å². The molecule has 1 aliphatic carbocycles. The molecule has 122 valence electrons. The summed E-state index contributed by atoms with van der Waals surface area (Å²) in [4.78, 5) is 27.0. The van der Waals surface area contributed by atoms with Gasteiger partial charge in [0.1, 0.15) is 6.33 Å². The molecule has 2 aromatic rings. The Morgan fingerprint density at radius 1 is 1.39 bits per heavy atom. The number of fused-ring (bicyclic) bond motifs is 1. The van der Waals surface area contributed by atoms with Gasteiger partial charge in [-0.15, -0.1) is 0 Å². The molecule has 2 aliphatic rings. The van der Waals surface area contributed by atoms with Gasteiger partial charge in [-0.25, -0.2) is 9.97 Å². The number of hydrogen-bond donors (Lipinski definition) is 1. The monoisotopic (exact) mass is 315 g/mol. The van der Waals surface area contributed by atoms with Crippen molar-refractivity contribution in [3.8, 4) is 0 Å². The first kappa shape index (κ1) is 14.4. The van der Waals surface area contributed by atoms with Gasteiger partial charge in [-0.2, -0.15) is 4.98 Å². The third kappa shape index (κ3) is 3.00. The van der Waals surface area contributed by atoms with Crippen LogP contribution in [0.3, 0.4) is 0 Å². The summed E-state index contributed by atoms with van der Waals surface area (Å²) in [5.41, 5.74) is 1.18. The fraction of sp³-hybridized carbons (Fsp3) is 0.625. The van der Waals surface area contributed by atoms with Crippen LogP contribution in [0.1, 0.15) is 31.6 Å². The SMILES string of the molecule is Cc1nc2c(NC[C@@H]3CCCN(C(=O)C4CC4)C3)ncnc2o1. The molecule has 2 aromatic heterocycles. The zero-order valence-electron chi connectivity index (χ0n) is 13.3. The maximum absolute atomic E-state index is 12.2. The van der Waals surface area contributed by atoms with Gasteiger partial charge in [-0.05, 0) is 31.6 Å². The fourth-order valence-electron chi connectivity index (χ4n) is 3.25. The Morgan fingerprint density at radius 2 is 2.26 bits per heavy atom. The number of carbonyl (C=O) groups excluding carboxylic acids is 1. The number of carbonyl (C=O) groups is 1. The molecular formula is C16H21N5O2. The van der Waals surface area contributed by atoms with Crippen LogP contribution in [0.2, 0.25) is 0 Å². The van der Waals surface area contributed by atoms with E-state index in [4.69, 9.17) is 4.42 Å². The molecule has 3 heterocycles. The summed E-state index contributed by atoms with van der Waals surface area (Å²) < 4.78 is 5.43. The average Bonchev–Trinajstić information content (AvgIpc) is 3.33. The van der Waals surface area contributed by atoms with Crippen LogP contribution < -0.4 is 5.32 Å². The van der Waals surface area contributed by atoms with E-state index in [9.17, 15) is 4.79 Å². The van der Waals surface area contributed by atoms with Gasteiger partial charge in [0.05, 0.1) is 0 Å². The third-order valence-electron chi connectivity index (χ3n) is 4.62. The highest BCUT2D eigenvalue weighted by atomic mass is 16.4. The van der Waals surface area contributed by atoms with E-state index in [1.807, 2.05) is 4.90 Å². The minimum absolute atomic E-state index is 0.307. The number of nitrogens with zero attached hydrogens (tertiary/aromatic N) is 4. The summed E-state index contributed by atoms with van der Waals surface area (Å²) in [6.45, 7) is 4.33. The quantitative estimate of drug-likeness (QED) is 0.929. The van der Waals surface area contributed by atoms with E-state index in [2.05, 4.69) is 20.3 Å². The van der Waals surface area contributed by atoms with E-state index in [1.165, 1.54) is 6.33 Å². The number of amides is 1. The van der Waals surface area contributed by atoms with Crippen molar-refractivity contribution in [3.05, 3.63) is 12.2 Å². The van der Waals surface area contributed by atoms with Crippen molar-refractivity contribution in [2.75, 3.05) is 25.0 Å². The van der Waals surface area contributed by atoms with Gasteiger partial charge >= 0.3 is 0 Å².